The molecule has 21 heavy (non-hydrogen) atoms. The fourth-order valence-electron chi connectivity index (χ4n) is 3.20. The molecule has 5 heteroatoms. The second-order valence-corrected chi connectivity index (χ2v) is 8.27. The Bertz CT molecular complexity index is 530. The third-order valence-corrected chi connectivity index (χ3v) is 5.97. The van der Waals surface area contributed by atoms with Crippen molar-refractivity contribution in [1.29, 1.82) is 0 Å². The molecule has 1 saturated carbocycles. The monoisotopic (exact) mass is 310 g/mol. The number of benzene rings is 1. The van der Waals surface area contributed by atoms with Gasteiger partial charge in [-0.1, -0.05) is 24.6 Å². The van der Waals surface area contributed by atoms with Crippen LogP contribution in [0.15, 0.2) is 30.3 Å². The number of nitrogens with zero attached hydrogens (tertiary/aromatic N) is 1. The molecule has 0 spiro atoms. The lowest BCUT2D eigenvalue weighted by Gasteiger charge is -2.38. The highest BCUT2D eigenvalue weighted by molar-refractivity contribution is 7.91. The number of hydrogen-bond donors (Lipinski definition) is 1. The molecule has 0 aromatic heterocycles. The van der Waals surface area contributed by atoms with E-state index in [2.05, 4.69) is 17.0 Å². The lowest BCUT2D eigenvalue weighted by Crippen LogP contribution is -2.43. The summed E-state index contributed by atoms with van der Waals surface area (Å²) in [6, 6.07) is 10.6. The molecule has 1 aromatic rings. The van der Waals surface area contributed by atoms with Gasteiger partial charge < -0.3 is 10.6 Å². The molecule has 0 amide bonds. The Morgan fingerprint density at radius 3 is 2.57 bits per heavy atom. The minimum atomic E-state index is -2.95. The maximum Gasteiger partial charge on any atom is 0.150 e. The number of hydrogen-bond acceptors (Lipinski definition) is 4. The Labute approximate surface area is 128 Å². The number of sulfone groups is 1. The molecule has 0 radical (unpaired) electrons. The van der Waals surface area contributed by atoms with E-state index < -0.39 is 9.84 Å². The van der Waals surface area contributed by atoms with Gasteiger partial charge in [-0.25, -0.2) is 8.42 Å². The Hall–Kier alpha value is -1.07. The molecule has 2 N–H and O–H groups in total. The van der Waals surface area contributed by atoms with Crippen molar-refractivity contribution < 1.29 is 8.42 Å². The third-order valence-electron chi connectivity index (χ3n) is 4.34. The highest BCUT2D eigenvalue weighted by Gasteiger charge is 2.31. The fourth-order valence-corrected chi connectivity index (χ4v) is 4.36. The summed E-state index contributed by atoms with van der Waals surface area (Å²) in [4.78, 5) is 2.35. The van der Waals surface area contributed by atoms with E-state index in [1.165, 1.54) is 11.9 Å². The summed E-state index contributed by atoms with van der Waals surface area (Å²) in [6.45, 7) is 1.55. The summed E-state index contributed by atoms with van der Waals surface area (Å²) in [5, 5.41) is -0.194. The molecule has 4 nitrogen and oxygen atoms in total. The number of para-hydroxylation sites is 1. The maximum atomic E-state index is 11.9. The van der Waals surface area contributed by atoms with E-state index >= 15 is 0 Å². The fraction of sp³-hybridized carbons (Fsp3) is 0.625. The lowest BCUT2D eigenvalue weighted by atomic mass is 9.93. The van der Waals surface area contributed by atoms with Crippen LogP contribution < -0.4 is 10.6 Å². The zero-order chi connectivity index (χ0) is 15.3. The van der Waals surface area contributed by atoms with Crippen molar-refractivity contribution in [3.05, 3.63) is 30.3 Å². The SMILES string of the molecule is CS(=O)(=O)C1CCCC(N(CCCN)c2ccccc2)C1. The normalized spacial score (nSPS) is 23.0. The number of rotatable bonds is 6. The second-order valence-electron chi connectivity index (χ2n) is 5.94. The van der Waals surface area contributed by atoms with Crippen LogP contribution in [0, 0.1) is 0 Å². The van der Waals surface area contributed by atoms with Crippen LogP contribution in [0.1, 0.15) is 32.1 Å². The minimum absolute atomic E-state index is 0.194. The highest BCUT2D eigenvalue weighted by atomic mass is 32.2. The Balaban J connectivity index is 2.16. The highest BCUT2D eigenvalue weighted by Crippen LogP contribution is 2.30. The van der Waals surface area contributed by atoms with Gasteiger partial charge >= 0.3 is 0 Å². The molecule has 0 bridgehead atoms. The van der Waals surface area contributed by atoms with E-state index in [0.717, 1.165) is 38.6 Å². The Kier molecular flexibility index (Phi) is 5.65. The number of nitrogens with two attached hydrogens (primary N) is 1. The molecule has 0 aliphatic heterocycles. The van der Waals surface area contributed by atoms with E-state index in [0.29, 0.717) is 12.6 Å². The molecular weight excluding hydrogens is 284 g/mol. The van der Waals surface area contributed by atoms with Gasteiger partial charge in [-0.2, -0.15) is 0 Å². The van der Waals surface area contributed by atoms with Crippen LogP contribution in [0.3, 0.4) is 0 Å². The van der Waals surface area contributed by atoms with Crippen LogP contribution in [-0.2, 0) is 9.84 Å². The van der Waals surface area contributed by atoms with E-state index in [4.69, 9.17) is 5.73 Å². The van der Waals surface area contributed by atoms with Crippen LogP contribution in [0.2, 0.25) is 0 Å². The lowest BCUT2D eigenvalue weighted by molar-refractivity contribution is 0.409. The van der Waals surface area contributed by atoms with Gasteiger partial charge in [0.15, 0.2) is 0 Å². The first-order valence-electron chi connectivity index (χ1n) is 7.73. The second kappa shape index (κ2) is 7.27. The van der Waals surface area contributed by atoms with Crippen LogP contribution in [0.5, 0.6) is 0 Å². The maximum absolute atomic E-state index is 11.9. The van der Waals surface area contributed by atoms with Crippen LogP contribution in [0.25, 0.3) is 0 Å². The third kappa shape index (κ3) is 4.45. The molecule has 2 unspecified atom stereocenters. The van der Waals surface area contributed by atoms with Crippen molar-refractivity contribution in [1.82, 2.24) is 0 Å². The quantitative estimate of drug-likeness (QED) is 0.875. The van der Waals surface area contributed by atoms with Crippen molar-refractivity contribution in [3.63, 3.8) is 0 Å². The van der Waals surface area contributed by atoms with Crippen LogP contribution in [0.4, 0.5) is 5.69 Å². The zero-order valence-corrected chi connectivity index (χ0v) is 13.6. The largest absolute Gasteiger partial charge is 0.368 e. The molecule has 1 aliphatic carbocycles. The molecule has 1 aromatic carbocycles. The van der Waals surface area contributed by atoms with Gasteiger partial charge in [0, 0.05) is 24.5 Å². The van der Waals surface area contributed by atoms with E-state index in [1.54, 1.807) is 0 Å². The Morgan fingerprint density at radius 1 is 1.24 bits per heavy atom. The first kappa shape index (κ1) is 16.3. The van der Waals surface area contributed by atoms with Gasteiger partial charge in [0.2, 0.25) is 0 Å². The van der Waals surface area contributed by atoms with Gasteiger partial charge in [-0.05, 0) is 44.4 Å². The van der Waals surface area contributed by atoms with Crippen LogP contribution in [-0.4, -0.2) is 39.1 Å². The summed E-state index contributed by atoms with van der Waals surface area (Å²) in [7, 11) is -2.95. The van der Waals surface area contributed by atoms with Gasteiger partial charge in [0.25, 0.3) is 0 Å². The van der Waals surface area contributed by atoms with Gasteiger partial charge in [0.05, 0.1) is 5.25 Å². The van der Waals surface area contributed by atoms with E-state index in [1.807, 2.05) is 18.2 Å². The first-order chi connectivity index (χ1) is 10.0. The van der Waals surface area contributed by atoms with Crippen molar-refractivity contribution in [2.24, 2.45) is 5.73 Å². The van der Waals surface area contributed by atoms with Gasteiger partial charge in [0.1, 0.15) is 9.84 Å². The molecule has 118 valence electrons. The molecule has 2 rings (SSSR count). The predicted octanol–water partition coefficient (Wildman–Crippen LogP) is 2.20. The van der Waals surface area contributed by atoms with Crippen molar-refractivity contribution in [3.8, 4) is 0 Å². The van der Waals surface area contributed by atoms with E-state index in [9.17, 15) is 8.42 Å². The molecule has 1 aliphatic rings. The molecule has 0 heterocycles. The average molecular weight is 310 g/mol. The summed E-state index contributed by atoms with van der Waals surface area (Å²) in [5.74, 6) is 0. The van der Waals surface area contributed by atoms with Crippen molar-refractivity contribution in [2.45, 2.75) is 43.4 Å². The summed E-state index contributed by atoms with van der Waals surface area (Å²) >= 11 is 0. The topological polar surface area (TPSA) is 63.4 Å². The summed E-state index contributed by atoms with van der Waals surface area (Å²) in [5.41, 5.74) is 6.83. The first-order valence-corrected chi connectivity index (χ1v) is 9.68. The average Bonchev–Trinajstić information content (AvgIpc) is 2.48. The Morgan fingerprint density at radius 2 is 1.95 bits per heavy atom. The molecule has 0 saturated heterocycles. The smallest absolute Gasteiger partial charge is 0.150 e. The van der Waals surface area contributed by atoms with Gasteiger partial charge in [-0.15, -0.1) is 0 Å². The van der Waals surface area contributed by atoms with Crippen LogP contribution >= 0.6 is 0 Å². The molecular formula is C16H26N2O2S. The summed E-state index contributed by atoms with van der Waals surface area (Å²) < 4.78 is 23.7. The zero-order valence-electron chi connectivity index (χ0n) is 12.7. The molecule has 1 fully saturated rings. The predicted molar refractivity (Wildman–Crippen MR) is 88.3 cm³/mol. The number of anilines is 1. The van der Waals surface area contributed by atoms with Crippen molar-refractivity contribution >= 4 is 15.5 Å². The minimum Gasteiger partial charge on any atom is -0.368 e. The standard InChI is InChI=1S/C16H26N2O2S/c1-21(19,20)16-10-5-9-15(13-16)18(12-6-11-17)14-7-3-2-4-8-14/h2-4,7-8,15-16H,5-6,9-13,17H2,1H3. The van der Waals surface area contributed by atoms with Gasteiger partial charge in [-0.3, -0.25) is 0 Å². The summed E-state index contributed by atoms with van der Waals surface area (Å²) in [6.07, 6.45) is 5.87. The van der Waals surface area contributed by atoms with Crippen molar-refractivity contribution in [2.75, 3.05) is 24.2 Å². The molecule has 2 atom stereocenters. The van der Waals surface area contributed by atoms with E-state index in [-0.39, 0.29) is 5.25 Å².